The lowest BCUT2D eigenvalue weighted by Crippen LogP contribution is -2.48. The predicted octanol–water partition coefficient (Wildman–Crippen LogP) is 7.44. The molecule has 6 atom stereocenters. The Balaban J connectivity index is 1.10. The number of hydrogen-bond donors (Lipinski definition) is 1. The number of benzene rings is 4. The van der Waals surface area contributed by atoms with E-state index in [2.05, 4.69) is 4.98 Å². The van der Waals surface area contributed by atoms with Gasteiger partial charge in [0.2, 0.25) is 29.5 Å². The topological polar surface area (TPSA) is 130 Å². The summed E-state index contributed by atoms with van der Waals surface area (Å²) < 4.78 is 25.4. The van der Waals surface area contributed by atoms with Crippen molar-refractivity contribution in [1.29, 1.82) is 0 Å². The summed E-state index contributed by atoms with van der Waals surface area (Å²) in [4.78, 5) is 64.4. The number of hydrogen-bond acceptors (Lipinski definition) is 8. The number of phenolic OH excluding ortho intramolecular Hbond substituents is 1. The largest absolute Gasteiger partial charge is 0.504 e. The minimum Gasteiger partial charge on any atom is -0.504 e. The monoisotopic (exact) mass is 731 g/mol. The van der Waals surface area contributed by atoms with Gasteiger partial charge < -0.3 is 14.3 Å². The Morgan fingerprint density at radius 1 is 0.906 bits per heavy atom. The molecule has 0 radical (unpaired) electrons. The lowest BCUT2D eigenvalue weighted by atomic mass is 9.51. The van der Waals surface area contributed by atoms with Crippen LogP contribution < -0.4 is 14.5 Å². The smallest absolute Gasteiger partial charge is 0.241 e. The normalized spacial score (nSPS) is 26.5. The number of aromatic nitrogens is 1. The molecule has 3 fully saturated rings. The van der Waals surface area contributed by atoms with Gasteiger partial charge in [-0.15, -0.1) is 0 Å². The highest BCUT2D eigenvalue weighted by molar-refractivity contribution is 6.32. The Hall–Kier alpha value is -5.81. The molecule has 266 valence electrons. The zero-order valence-corrected chi connectivity index (χ0v) is 29.2. The standard InChI is InChI=1S/C41H31ClFN3O7/c1-41-27(38(49)46(40(41)51)23-12-15-29(43)28(42)18-23)19-26-24(35(41)21-9-16-33(52-2)31(47)17-21)13-14-25-34(26)39(50)45(37(25)48)22-10-7-20(8-11-22)36-44-30-5-3-4-6-32(30)53-36/h3-13,15-18,25-27,34-35,47H,14,19H2,1-2H3/t25-,26+,27-,34-,35-,41+/m0/s1. The fraction of sp³-hybridized carbons (Fsp3) is 0.244. The van der Waals surface area contributed by atoms with E-state index in [1.165, 1.54) is 30.2 Å². The molecule has 4 aliphatic rings. The molecule has 1 saturated carbocycles. The number of methoxy groups -OCH3 is 1. The van der Waals surface area contributed by atoms with E-state index in [1.54, 1.807) is 43.3 Å². The van der Waals surface area contributed by atoms with Crippen molar-refractivity contribution in [2.75, 3.05) is 16.9 Å². The number of anilines is 2. The van der Waals surface area contributed by atoms with Crippen molar-refractivity contribution in [3.05, 3.63) is 113 Å². The maximum atomic E-state index is 14.6. The van der Waals surface area contributed by atoms with Gasteiger partial charge in [0.25, 0.3) is 0 Å². The van der Waals surface area contributed by atoms with E-state index in [0.717, 1.165) is 16.5 Å². The minimum absolute atomic E-state index is 0.127. The molecular weight excluding hydrogens is 701 g/mol. The van der Waals surface area contributed by atoms with Crippen LogP contribution in [0.1, 0.15) is 31.2 Å². The number of halogens is 2. The molecule has 2 saturated heterocycles. The molecule has 1 N–H and O–H groups in total. The molecule has 4 amide bonds. The number of oxazole rings is 1. The van der Waals surface area contributed by atoms with E-state index < -0.39 is 52.6 Å². The summed E-state index contributed by atoms with van der Waals surface area (Å²) in [7, 11) is 1.43. The van der Waals surface area contributed by atoms with Gasteiger partial charge in [-0.1, -0.05) is 41.4 Å². The average Bonchev–Trinajstić information content (AvgIpc) is 3.76. The SMILES string of the molecule is COc1ccc([C@H]2C3=CC[C@@H]4C(=O)N(c5ccc(-c6nc7ccccc7o6)cc5)C(=O)[C@@H]4[C@@H]3C[C@H]3C(=O)N(c4ccc(F)c(Cl)c4)C(=O)[C@@]23C)cc1O. The Bertz CT molecular complexity index is 2410. The third-order valence-corrected chi connectivity index (χ3v) is 11.9. The molecule has 0 bridgehead atoms. The van der Waals surface area contributed by atoms with E-state index in [-0.39, 0.29) is 46.9 Å². The van der Waals surface area contributed by atoms with E-state index in [0.29, 0.717) is 33.8 Å². The number of aromatic hydroxyl groups is 1. The van der Waals surface area contributed by atoms with E-state index in [1.807, 2.05) is 30.3 Å². The van der Waals surface area contributed by atoms with Gasteiger partial charge in [-0.05, 0) is 98.0 Å². The van der Waals surface area contributed by atoms with Crippen molar-refractivity contribution in [3.63, 3.8) is 0 Å². The molecule has 9 rings (SSSR count). The molecule has 2 aliphatic heterocycles. The van der Waals surface area contributed by atoms with Crippen molar-refractivity contribution in [1.82, 2.24) is 4.98 Å². The summed E-state index contributed by atoms with van der Waals surface area (Å²) in [5.41, 5.74) is 2.51. The number of phenols is 1. The number of carbonyl (C=O) groups is 4. The maximum absolute atomic E-state index is 14.6. The van der Waals surface area contributed by atoms with E-state index in [4.69, 9.17) is 20.8 Å². The molecule has 10 nitrogen and oxygen atoms in total. The van der Waals surface area contributed by atoms with Crippen LogP contribution in [0.15, 0.2) is 101 Å². The number of rotatable bonds is 5. The fourth-order valence-corrected chi connectivity index (χ4v) is 9.33. The highest BCUT2D eigenvalue weighted by atomic mass is 35.5. The lowest BCUT2D eigenvalue weighted by Gasteiger charge is -2.49. The summed E-state index contributed by atoms with van der Waals surface area (Å²) in [5, 5.41) is 10.7. The number of para-hydroxylation sites is 2. The van der Waals surface area contributed by atoms with Gasteiger partial charge >= 0.3 is 0 Å². The van der Waals surface area contributed by atoms with Crippen LogP contribution in [0.5, 0.6) is 11.5 Å². The molecule has 2 aliphatic carbocycles. The average molecular weight is 732 g/mol. The first-order valence-electron chi connectivity index (χ1n) is 17.3. The van der Waals surface area contributed by atoms with Crippen LogP contribution >= 0.6 is 11.6 Å². The Labute approximate surface area is 307 Å². The first-order chi connectivity index (χ1) is 25.5. The minimum atomic E-state index is -1.36. The molecule has 0 unspecified atom stereocenters. The van der Waals surface area contributed by atoms with Crippen LogP contribution in [0.2, 0.25) is 5.02 Å². The van der Waals surface area contributed by atoms with Gasteiger partial charge in [0.1, 0.15) is 11.3 Å². The zero-order valence-electron chi connectivity index (χ0n) is 28.5. The van der Waals surface area contributed by atoms with Gasteiger partial charge in [0.15, 0.2) is 17.1 Å². The summed E-state index contributed by atoms with van der Waals surface area (Å²) >= 11 is 6.10. The molecule has 0 spiro atoms. The van der Waals surface area contributed by atoms with Crippen LogP contribution in [0.3, 0.4) is 0 Å². The van der Waals surface area contributed by atoms with Crippen molar-refractivity contribution in [3.8, 4) is 23.0 Å². The number of fused-ring (bicyclic) bond motifs is 5. The summed E-state index contributed by atoms with van der Waals surface area (Å²) in [6, 6.07) is 22.8. The fourth-order valence-electron chi connectivity index (χ4n) is 9.16. The Kier molecular flexibility index (Phi) is 7.40. The molecule has 5 aromatic rings. The Morgan fingerprint density at radius 2 is 1.66 bits per heavy atom. The number of imide groups is 2. The van der Waals surface area contributed by atoms with Crippen LogP contribution in [0.25, 0.3) is 22.6 Å². The van der Waals surface area contributed by atoms with E-state index in [9.17, 15) is 28.7 Å². The number of carbonyl (C=O) groups excluding carboxylic acids is 4. The van der Waals surface area contributed by atoms with Gasteiger partial charge in [-0.25, -0.2) is 14.3 Å². The second kappa shape index (κ2) is 11.9. The highest BCUT2D eigenvalue weighted by Gasteiger charge is 2.67. The summed E-state index contributed by atoms with van der Waals surface area (Å²) in [5.74, 6) is -5.67. The third kappa shape index (κ3) is 4.72. The molecule has 4 aromatic carbocycles. The summed E-state index contributed by atoms with van der Waals surface area (Å²) in [6.07, 6.45) is 2.30. The molecule has 53 heavy (non-hydrogen) atoms. The van der Waals surface area contributed by atoms with Crippen molar-refractivity contribution in [2.45, 2.75) is 25.7 Å². The number of ether oxygens (including phenoxy) is 1. The van der Waals surface area contributed by atoms with Crippen molar-refractivity contribution in [2.24, 2.45) is 29.1 Å². The summed E-state index contributed by atoms with van der Waals surface area (Å²) in [6.45, 7) is 1.73. The highest BCUT2D eigenvalue weighted by Crippen LogP contribution is 2.64. The quantitative estimate of drug-likeness (QED) is 0.146. The first-order valence-corrected chi connectivity index (χ1v) is 17.6. The van der Waals surface area contributed by atoms with Gasteiger partial charge in [0, 0.05) is 11.5 Å². The van der Waals surface area contributed by atoms with Crippen LogP contribution in [0.4, 0.5) is 15.8 Å². The number of allylic oxidation sites excluding steroid dienone is 2. The lowest BCUT2D eigenvalue weighted by molar-refractivity contribution is -0.131. The van der Waals surface area contributed by atoms with Gasteiger partial charge in [0.05, 0.1) is 46.7 Å². The van der Waals surface area contributed by atoms with Crippen molar-refractivity contribution < 1.29 is 37.8 Å². The molecule has 12 heteroatoms. The van der Waals surface area contributed by atoms with Crippen LogP contribution in [-0.2, 0) is 19.2 Å². The predicted molar refractivity (Wildman–Crippen MR) is 193 cm³/mol. The molecule has 1 aromatic heterocycles. The van der Waals surface area contributed by atoms with Crippen molar-refractivity contribution >= 4 is 57.7 Å². The first kappa shape index (κ1) is 33.1. The Morgan fingerprint density at radius 3 is 2.38 bits per heavy atom. The zero-order chi connectivity index (χ0) is 36.9. The van der Waals surface area contributed by atoms with Crippen LogP contribution in [-0.4, -0.2) is 40.8 Å². The van der Waals surface area contributed by atoms with E-state index >= 15 is 0 Å². The number of nitrogens with zero attached hydrogens (tertiary/aromatic N) is 3. The van der Waals surface area contributed by atoms with Gasteiger partial charge in [-0.3, -0.25) is 24.1 Å². The van der Waals surface area contributed by atoms with Gasteiger partial charge in [-0.2, -0.15) is 0 Å². The second-order valence-corrected chi connectivity index (χ2v) is 14.6. The number of amides is 4. The molecular formula is C41H31ClFN3O7. The maximum Gasteiger partial charge on any atom is 0.241 e. The molecule has 3 heterocycles. The third-order valence-electron chi connectivity index (χ3n) is 11.6. The van der Waals surface area contributed by atoms with Crippen LogP contribution in [0, 0.1) is 34.9 Å². The second-order valence-electron chi connectivity index (χ2n) is 14.2.